The van der Waals surface area contributed by atoms with Gasteiger partial charge in [0.25, 0.3) is 0 Å². The van der Waals surface area contributed by atoms with Gasteiger partial charge < -0.3 is 5.11 Å². The van der Waals surface area contributed by atoms with Crippen molar-refractivity contribution in [1.29, 1.82) is 0 Å². The van der Waals surface area contributed by atoms with Gasteiger partial charge >= 0.3 is 0 Å². The summed E-state index contributed by atoms with van der Waals surface area (Å²) in [5, 5.41) is 10.0. The van der Waals surface area contributed by atoms with Crippen molar-refractivity contribution in [3.63, 3.8) is 0 Å². The smallest absolute Gasteiger partial charge is 0.0602 e. The second-order valence-corrected chi connectivity index (χ2v) is 6.12. The van der Waals surface area contributed by atoms with Gasteiger partial charge in [-0.25, -0.2) is 0 Å². The molecule has 2 fully saturated rings. The maximum absolute atomic E-state index is 10.0. The van der Waals surface area contributed by atoms with E-state index in [1.54, 1.807) is 0 Å². The Morgan fingerprint density at radius 1 is 1.46 bits per heavy atom. The van der Waals surface area contributed by atoms with Crippen molar-refractivity contribution >= 4 is 11.8 Å². The third-order valence-corrected chi connectivity index (χ3v) is 5.79. The Morgan fingerprint density at radius 3 is 2.54 bits per heavy atom. The lowest BCUT2D eigenvalue weighted by atomic mass is 9.70. The van der Waals surface area contributed by atoms with E-state index >= 15 is 0 Å². The molecule has 4 atom stereocenters. The number of aliphatic hydroxyl groups excluding tert-OH is 1. The Bertz CT molecular complexity index is 218. The van der Waals surface area contributed by atoms with E-state index in [1.165, 1.54) is 18.6 Å². The molecule has 2 aliphatic rings. The number of hydrogen-bond donors (Lipinski definition) is 1. The number of fused-ring (bicyclic) bond motifs is 2. The average Bonchev–Trinajstić information content (AvgIpc) is 2.39. The molecule has 0 aromatic rings. The summed E-state index contributed by atoms with van der Waals surface area (Å²) in [6.07, 6.45) is 5.76. The summed E-state index contributed by atoms with van der Waals surface area (Å²) in [5.74, 6) is 1.99. The van der Waals surface area contributed by atoms with E-state index in [1.807, 2.05) is 11.8 Å². The second kappa shape index (κ2) is 2.90. The third kappa shape index (κ3) is 1.05. The normalized spacial score (nSPS) is 54.5. The molecule has 2 saturated carbocycles. The number of rotatable bonds is 2. The highest BCUT2D eigenvalue weighted by Crippen LogP contribution is 2.66. The van der Waals surface area contributed by atoms with Crippen LogP contribution in [0, 0.1) is 16.7 Å². The molecule has 13 heavy (non-hydrogen) atoms. The molecule has 1 nitrogen and oxygen atoms in total. The summed E-state index contributed by atoms with van der Waals surface area (Å²) < 4.78 is 0. The molecule has 1 unspecified atom stereocenters. The first kappa shape index (κ1) is 9.85. The molecule has 0 amide bonds. The van der Waals surface area contributed by atoms with Gasteiger partial charge in [0.05, 0.1) is 6.10 Å². The van der Waals surface area contributed by atoms with Crippen molar-refractivity contribution in [2.45, 2.75) is 39.2 Å². The summed E-state index contributed by atoms with van der Waals surface area (Å²) >= 11 is 1.93. The Morgan fingerprint density at radius 2 is 2.15 bits per heavy atom. The van der Waals surface area contributed by atoms with E-state index in [2.05, 4.69) is 20.1 Å². The summed E-state index contributed by atoms with van der Waals surface area (Å²) in [6, 6.07) is 0. The molecule has 1 N–H and O–H groups in total. The van der Waals surface area contributed by atoms with E-state index in [4.69, 9.17) is 0 Å². The van der Waals surface area contributed by atoms with Gasteiger partial charge in [-0.2, -0.15) is 11.8 Å². The van der Waals surface area contributed by atoms with Crippen LogP contribution < -0.4 is 0 Å². The molecule has 0 aromatic heterocycles. The van der Waals surface area contributed by atoms with Crippen LogP contribution in [0.25, 0.3) is 0 Å². The van der Waals surface area contributed by atoms with Crippen molar-refractivity contribution in [2.75, 3.05) is 12.0 Å². The quantitative estimate of drug-likeness (QED) is 0.739. The molecule has 0 heterocycles. The topological polar surface area (TPSA) is 20.2 Å². The van der Waals surface area contributed by atoms with Crippen molar-refractivity contribution < 1.29 is 5.11 Å². The van der Waals surface area contributed by atoms with Crippen molar-refractivity contribution in [2.24, 2.45) is 16.7 Å². The van der Waals surface area contributed by atoms with Gasteiger partial charge in [0.1, 0.15) is 0 Å². The zero-order chi connectivity index (χ0) is 9.69. The molecule has 2 heteroatoms. The van der Waals surface area contributed by atoms with Crippen LogP contribution >= 0.6 is 11.8 Å². The standard InChI is InChI=1S/C11H20OS/c1-10-5-4-8(6-9(10)12)11(10,2)7-13-3/h8-9,12H,4-7H2,1-3H3/t8-,9-,10+,11?/m1/s1. The van der Waals surface area contributed by atoms with Crippen molar-refractivity contribution in [1.82, 2.24) is 0 Å². The van der Waals surface area contributed by atoms with Gasteiger partial charge in [0, 0.05) is 0 Å². The van der Waals surface area contributed by atoms with Gasteiger partial charge in [0.2, 0.25) is 0 Å². The fraction of sp³-hybridized carbons (Fsp3) is 1.00. The molecule has 0 spiro atoms. The highest BCUT2D eigenvalue weighted by molar-refractivity contribution is 7.98. The van der Waals surface area contributed by atoms with Crippen LogP contribution in [0.1, 0.15) is 33.1 Å². The molecular formula is C11H20OS. The van der Waals surface area contributed by atoms with E-state index < -0.39 is 0 Å². The molecule has 0 aliphatic heterocycles. The maximum atomic E-state index is 10.0. The molecule has 2 bridgehead atoms. The van der Waals surface area contributed by atoms with Gasteiger partial charge in [-0.15, -0.1) is 0 Å². The second-order valence-electron chi connectivity index (χ2n) is 5.26. The minimum absolute atomic E-state index is 0.0385. The first-order chi connectivity index (χ1) is 6.04. The minimum Gasteiger partial charge on any atom is -0.393 e. The zero-order valence-corrected chi connectivity index (χ0v) is 9.66. The fourth-order valence-electron chi connectivity index (χ4n) is 3.58. The van der Waals surface area contributed by atoms with Crippen LogP contribution in [0.4, 0.5) is 0 Å². The Balaban J connectivity index is 2.29. The van der Waals surface area contributed by atoms with Gasteiger partial charge in [-0.1, -0.05) is 13.8 Å². The Hall–Kier alpha value is 0.310. The summed E-state index contributed by atoms with van der Waals surface area (Å²) in [6.45, 7) is 4.68. The van der Waals surface area contributed by atoms with Crippen LogP contribution in [0.2, 0.25) is 0 Å². The highest BCUT2D eigenvalue weighted by atomic mass is 32.2. The highest BCUT2D eigenvalue weighted by Gasteiger charge is 2.62. The molecule has 0 saturated heterocycles. The molecule has 0 aromatic carbocycles. The first-order valence-corrected chi connectivity index (χ1v) is 6.61. The summed E-state index contributed by atoms with van der Waals surface area (Å²) in [5.41, 5.74) is 0.604. The lowest BCUT2D eigenvalue weighted by Gasteiger charge is -2.39. The van der Waals surface area contributed by atoms with Gasteiger partial charge in [-0.05, 0) is 48.0 Å². The van der Waals surface area contributed by atoms with Gasteiger partial charge in [0.15, 0.2) is 0 Å². The van der Waals surface area contributed by atoms with Crippen LogP contribution in [0.15, 0.2) is 0 Å². The number of thioether (sulfide) groups is 1. The predicted octanol–water partition coefficient (Wildman–Crippen LogP) is 2.54. The Kier molecular flexibility index (Phi) is 2.20. The lowest BCUT2D eigenvalue weighted by Crippen LogP contribution is -2.39. The van der Waals surface area contributed by atoms with Crippen molar-refractivity contribution in [3.8, 4) is 0 Å². The average molecular weight is 200 g/mol. The molecular weight excluding hydrogens is 180 g/mol. The largest absolute Gasteiger partial charge is 0.393 e. The molecule has 76 valence electrons. The SMILES string of the molecule is CSCC1(C)[C@@H]2CC[C@@]1(C)[C@H](O)C2. The maximum Gasteiger partial charge on any atom is 0.0602 e. The lowest BCUT2D eigenvalue weighted by molar-refractivity contribution is 0.0144. The Labute approximate surface area is 85.3 Å². The predicted molar refractivity (Wildman–Crippen MR) is 57.9 cm³/mol. The minimum atomic E-state index is -0.0385. The van der Waals surface area contributed by atoms with E-state index in [9.17, 15) is 5.11 Å². The van der Waals surface area contributed by atoms with Crippen LogP contribution in [-0.4, -0.2) is 23.2 Å². The van der Waals surface area contributed by atoms with Gasteiger partial charge in [-0.3, -0.25) is 0 Å². The number of hydrogen-bond acceptors (Lipinski definition) is 2. The molecule has 2 rings (SSSR count). The van der Waals surface area contributed by atoms with Crippen LogP contribution in [-0.2, 0) is 0 Å². The molecule has 0 radical (unpaired) electrons. The number of aliphatic hydroxyl groups is 1. The fourth-order valence-corrected chi connectivity index (χ4v) is 4.75. The van der Waals surface area contributed by atoms with Crippen LogP contribution in [0.5, 0.6) is 0 Å². The molecule has 2 aliphatic carbocycles. The zero-order valence-electron chi connectivity index (χ0n) is 8.84. The summed E-state index contributed by atoms with van der Waals surface area (Å²) in [4.78, 5) is 0. The summed E-state index contributed by atoms with van der Waals surface area (Å²) in [7, 11) is 0. The monoisotopic (exact) mass is 200 g/mol. The van der Waals surface area contributed by atoms with Crippen LogP contribution in [0.3, 0.4) is 0 Å². The van der Waals surface area contributed by atoms with E-state index in [-0.39, 0.29) is 11.5 Å². The van der Waals surface area contributed by atoms with E-state index in [0.29, 0.717) is 5.41 Å². The first-order valence-electron chi connectivity index (χ1n) is 5.21. The third-order valence-electron chi connectivity index (χ3n) is 4.91. The van der Waals surface area contributed by atoms with Crippen molar-refractivity contribution in [3.05, 3.63) is 0 Å². The van der Waals surface area contributed by atoms with E-state index in [0.717, 1.165) is 12.3 Å².